The summed E-state index contributed by atoms with van der Waals surface area (Å²) in [4.78, 5) is 26.4. The zero-order valence-electron chi connectivity index (χ0n) is 12.8. The topological polar surface area (TPSA) is 55.8 Å². The van der Waals surface area contributed by atoms with E-state index in [0.717, 1.165) is 22.9 Å². The van der Waals surface area contributed by atoms with Gasteiger partial charge >= 0.3 is 0 Å². The number of ether oxygens (including phenoxy) is 2. The van der Waals surface area contributed by atoms with E-state index in [1.807, 2.05) is 25.1 Å². The molecule has 2 aromatic rings. The third kappa shape index (κ3) is 2.55. The highest BCUT2D eigenvalue weighted by Gasteiger charge is 2.36. The van der Waals surface area contributed by atoms with E-state index in [1.165, 1.54) is 4.90 Å². The first-order valence-corrected chi connectivity index (χ1v) is 8.18. The number of amides is 2. The first-order valence-electron chi connectivity index (χ1n) is 7.36. The summed E-state index contributed by atoms with van der Waals surface area (Å²) in [6.45, 7) is 2.15. The van der Waals surface area contributed by atoms with Crippen LogP contribution in [-0.4, -0.2) is 17.9 Å². The summed E-state index contributed by atoms with van der Waals surface area (Å²) in [6, 6.07) is 12.7. The van der Waals surface area contributed by atoms with Gasteiger partial charge in [-0.15, -0.1) is 0 Å². The number of anilines is 1. The third-order valence-corrected chi connectivity index (χ3v) is 4.65. The molecule has 6 heteroatoms. The predicted octanol–water partition coefficient (Wildman–Crippen LogP) is 3.96. The van der Waals surface area contributed by atoms with E-state index in [2.05, 4.69) is 0 Å². The predicted molar refractivity (Wildman–Crippen MR) is 92.2 cm³/mol. The Hall–Kier alpha value is -2.73. The Kier molecular flexibility index (Phi) is 3.54. The number of thioether (sulfide) groups is 1. The monoisotopic (exact) mass is 339 g/mol. The Bertz CT molecular complexity index is 873. The van der Waals surface area contributed by atoms with Gasteiger partial charge in [0, 0.05) is 0 Å². The molecule has 0 N–H and O–H groups in total. The van der Waals surface area contributed by atoms with Gasteiger partial charge in [0.05, 0.1) is 10.6 Å². The fourth-order valence-corrected chi connectivity index (χ4v) is 3.38. The summed E-state index contributed by atoms with van der Waals surface area (Å²) in [5, 5.41) is -0.296. The van der Waals surface area contributed by atoms with Crippen molar-refractivity contribution in [3.8, 4) is 11.5 Å². The molecule has 120 valence electrons. The van der Waals surface area contributed by atoms with Gasteiger partial charge in [0.2, 0.25) is 6.79 Å². The number of carbonyl (C=O) groups is 2. The molecule has 0 bridgehead atoms. The second-order valence-electron chi connectivity index (χ2n) is 5.47. The molecule has 2 aromatic carbocycles. The summed E-state index contributed by atoms with van der Waals surface area (Å²) in [5.74, 6) is 1.01. The minimum atomic E-state index is -0.313. The van der Waals surface area contributed by atoms with Crippen molar-refractivity contribution in [2.45, 2.75) is 6.92 Å². The molecule has 1 fully saturated rings. The number of fused-ring (bicyclic) bond motifs is 1. The molecule has 0 unspecified atom stereocenters. The Labute approximate surface area is 142 Å². The zero-order chi connectivity index (χ0) is 16.7. The summed E-state index contributed by atoms with van der Waals surface area (Å²) < 4.78 is 10.6. The lowest BCUT2D eigenvalue weighted by molar-refractivity contribution is -0.113. The summed E-state index contributed by atoms with van der Waals surface area (Å²) in [7, 11) is 0. The molecule has 0 atom stereocenters. The van der Waals surface area contributed by atoms with Crippen molar-refractivity contribution in [2.24, 2.45) is 0 Å². The lowest BCUT2D eigenvalue weighted by Gasteiger charge is -2.12. The van der Waals surface area contributed by atoms with Gasteiger partial charge in [-0.3, -0.25) is 9.59 Å². The van der Waals surface area contributed by atoms with Crippen molar-refractivity contribution in [1.29, 1.82) is 0 Å². The number of hydrogen-bond donors (Lipinski definition) is 0. The van der Waals surface area contributed by atoms with Crippen molar-refractivity contribution in [1.82, 2.24) is 0 Å². The van der Waals surface area contributed by atoms with E-state index >= 15 is 0 Å². The maximum absolute atomic E-state index is 12.6. The number of aryl methyl sites for hydroxylation is 1. The molecular weight excluding hydrogens is 326 g/mol. The number of nitrogens with zero attached hydrogens (tertiary/aromatic N) is 1. The van der Waals surface area contributed by atoms with E-state index in [4.69, 9.17) is 9.47 Å². The maximum atomic E-state index is 12.6. The van der Waals surface area contributed by atoms with Crippen LogP contribution >= 0.6 is 11.8 Å². The third-order valence-electron chi connectivity index (χ3n) is 3.78. The van der Waals surface area contributed by atoms with Gasteiger partial charge < -0.3 is 9.47 Å². The lowest BCUT2D eigenvalue weighted by Crippen LogP contribution is -2.27. The van der Waals surface area contributed by atoms with E-state index in [9.17, 15) is 9.59 Å². The number of carbonyl (C=O) groups excluding carboxylic acids is 2. The van der Waals surface area contributed by atoms with Crippen LogP contribution in [0.2, 0.25) is 0 Å². The number of rotatable bonds is 2. The Morgan fingerprint density at radius 3 is 2.58 bits per heavy atom. The largest absolute Gasteiger partial charge is 0.454 e. The fraction of sp³-hybridized carbons (Fsp3) is 0.111. The first kappa shape index (κ1) is 14.8. The molecule has 5 nitrogen and oxygen atoms in total. The van der Waals surface area contributed by atoms with Gasteiger partial charge in [0.25, 0.3) is 11.1 Å². The van der Waals surface area contributed by atoms with Gasteiger partial charge in [0.15, 0.2) is 11.5 Å². The second kappa shape index (κ2) is 5.72. The van der Waals surface area contributed by atoms with Crippen LogP contribution in [0.1, 0.15) is 11.1 Å². The van der Waals surface area contributed by atoms with Crippen molar-refractivity contribution >= 4 is 34.7 Å². The van der Waals surface area contributed by atoms with Gasteiger partial charge in [-0.25, -0.2) is 4.90 Å². The van der Waals surface area contributed by atoms with Crippen molar-refractivity contribution in [3.63, 3.8) is 0 Å². The van der Waals surface area contributed by atoms with Gasteiger partial charge in [0.1, 0.15) is 0 Å². The molecule has 0 radical (unpaired) electrons. The van der Waals surface area contributed by atoms with Crippen LogP contribution in [0.25, 0.3) is 6.08 Å². The molecule has 4 rings (SSSR count). The average molecular weight is 339 g/mol. The summed E-state index contributed by atoms with van der Waals surface area (Å²) in [5.41, 5.74) is 2.44. The van der Waals surface area contributed by atoms with Crippen LogP contribution < -0.4 is 14.4 Å². The number of imide groups is 1. The van der Waals surface area contributed by atoms with Crippen molar-refractivity contribution in [2.75, 3.05) is 11.7 Å². The van der Waals surface area contributed by atoms with Crippen LogP contribution in [-0.2, 0) is 4.79 Å². The molecule has 2 amide bonds. The molecular formula is C18H13NO4S. The molecule has 0 aliphatic carbocycles. The lowest BCUT2D eigenvalue weighted by atomic mass is 10.2. The Morgan fingerprint density at radius 2 is 1.79 bits per heavy atom. The SMILES string of the molecule is Cc1ccc(N2C(=O)S/C(=C/c3ccc4c(c3)OCO4)C2=O)cc1. The average Bonchev–Trinajstić information content (AvgIpc) is 3.13. The highest BCUT2D eigenvalue weighted by molar-refractivity contribution is 8.19. The molecule has 2 heterocycles. The van der Waals surface area contributed by atoms with E-state index in [1.54, 1.807) is 30.3 Å². The number of hydrogen-bond acceptors (Lipinski definition) is 5. The molecule has 2 aliphatic heterocycles. The quantitative estimate of drug-likeness (QED) is 0.775. The molecule has 0 spiro atoms. The Morgan fingerprint density at radius 1 is 1.04 bits per heavy atom. The van der Waals surface area contributed by atoms with Gasteiger partial charge in [-0.1, -0.05) is 23.8 Å². The summed E-state index contributed by atoms with van der Waals surface area (Å²) in [6.07, 6.45) is 1.70. The molecule has 0 saturated carbocycles. The second-order valence-corrected chi connectivity index (χ2v) is 6.46. The Balaban J connectivity index is 1.64. The first-order chi connectivity index (χ1) is 11.6. The van der Waals surface area contributed by atoms with Crippen molar-refractivity contribution in [3.05, 3.63) is 58.5 Å². The van der Waals surface area contributed by atoms with Crippen LogP contribution in [0.15, 0.2) is 47.4 Å². The van der Waals surface area contributed by atoms with Gasteiger partial charge in [-0.05, 0) is 54.6 Å². The minimum absolute atomic E-state index is 0.197. The van der Waals surface area contributed by atoms with E-state index in [-0.39, 0.29) is 17.9 Å². The van der Waals surface area contributed by atoms with E-state index in [0.29, 0.717) is 22.1 Å². The van der Waals surface area contributed by atoms with Crippen LogP contribution in [0.3, 0.4) is 0 Å². The molecule has 1 saturated heterocycles. The minimum Gasteiger partial charge on any atom is -0.454 e. The standard InChI is InChI=1S/C18H13NO4S/c1-11-2-5-13(6-3-11)19-17(20)16(24-18(19)21)9-12-4-7-14-15(8-12)23-10-22-14/h2-9H,10H2,1H3/b16-9+. The van der Waals surface area contributed by atoms with Crippen LogP contribution in [0.5, 0.6) is 11.5 Å². The molecule has 0 aromatic heterocycles. The fourth-order valence-electron chi connectivity index (χ4n) is 2.54. The summed E-state index contributed by atoms with van der Waals surface area (Å²) >= 11 is 0.935. The molecule has 24 heavy (non-hydrogen) atoms. The van der Waals surface area contributed by atoms with E-state index < -0.39 is 0 Å². The highest BCUT2D eigenvalue weighted by Crippen LogP contribution is 2.37. The highest BCUT2D eigenvalue weighted by atomic mass is 32.2. The van der Waals surface area contributed by atoms with Crippen LogP contribution in [0.4, 0.5) is 10.5 Å². The van der Waals surface area contributed by atoms with Crippen molar-refractivity contribution < 1.29 is 19.1 Å². The van der Waals surface area contributed by atoms with Gasteiger partial charge in [-0.2, -0.15) is 0 Å². The smallest absolute Gasteiger partial charge is 0.298 e. The maximum Gasteiger partial charge on any atom is 0.298 e. The van der Waals surface area contributed by atoms with Crippen LogP contribution in [0, 0.1) is 6.92 Å². The number of benzene rings is 2. The zero-order valence-corrected chi connectivity index (χ0v) is 13.6. The molecule has 2 aliphatic rings. The normalized spacial score (nSPS) is 17.9.